The van der Waals surface area contributed by atoms with Crippen LogP contribution in [0.5, 0.6) is 0 Å². The second kappa shape index (κ2) is 1.94. The first-order valence-electron chi connectivity index (χ1n) is 2.44. The van der Waals surface area contributed by atoms with Crippen molar-refractivity contribution in [3.63, 3.8) is 0 Å². The molecule has 3 nitrogen and oxygen atoms in total. The predicted octanol–water partition coefficient (Wildman–Crippen LogP) is -0.252. The highest BCUT2D eigenvalue weighted by atomic mass is 16.5. The van der Waals surface area contributed by atoms with Crippen molar-refractivity contribution in [2.45, 2.75) is 6.42 Å². The maximum absolute atomic E-state index is 10.2. The van der Waals surface area contributed by atoms with Crippen LogP contribution in [0.2, 0.25) is 0 Å². The van der Waals surface area contributed by atoms with Crippen LogP contribution in [0.1, 0.15) is 6.42 Å². The minimum absolute atomic E-state index is 0.178. The number of esters is 1. The summed E-state index contributed by atoms with van der Waals surface area (Å²) in [4.78, 5) is 20.2. The summed E-state index contributed by atoms with van der Waals surface area (Å²) >= 11 is 0. The van der Waals surface area contributed by atoms with Gasteiger partial charge in [0.25, 0.3) is 0 Å². The molecule has 0 N–H and O–H groups in total. The monoisotopic (exact) mass is 114 g/mol. The Morgan fingerprint density at radius 1 is 1.75 bits per heavy atom. The van der Waals surface area contributed by atoms with Gasteiger partial charge >= 0.3 is 5.97 Å². The molecule has 1 aliphatic heterocycles. The average Bonchev–Trinajstić information content (AvgIpc) is 2.14. The Kier molecular flexibility index (Phi) is 1.28. The van der Waals surface area contributed by atoms with E-state index < -0.39 is 0 Å². The molecule has 0 spiro atoms. The van der Waals surface area contributed by atoms with Gasteiger partial charge in [-0.1, -0.05) is 0 Å². The van der Waals surface area contributed by atoms with Crippen molar-refractivity contribution in [3.05, 3.63) is 0 Å². The van der Waals surface area contributed by atoms with E-state index in [1.54, 1.807) is 0 Å². The number of hydrogen-bond donors (Lipinski definition) is 0. The van der Waals surface area contributed by atoms with Crippen LogP contribution in [0.4, 0.5) is 0 Å². The van der Waals surface area contributed by atoms with Gasteiger partial charge in [0.1, 0.15) is 12.9 Å². The molecule has 0 aromatic carbocycles. The van der Waals surface area contributed by atoms with Crippen LogP contribution >= 0.6 is 0 Å². The Bertz CT molecular complexity index is 119. The maximum atomic E-state index is 10.2. The molecule has 1 atom stereocenters. The lowest BCUT2D eigenvalue weighted by Gasteiger charge is -1.87. The topological polar surface area (TPSA) is 43.4 Å². The second-order valence-electron chi connectivity index (χ2n) is 1.78. The van der Waals surface area contributed by atoms with Crippen LogP contribution < -0.4 is 0 Å². The number of cyclic esters (lactones) is 1. The molecular weight excluding hydrogens is 108 g/mol. The van der Waals surface area contributed by atoms with Crippen LogP contribution in [0, 0.1) is 5.92 Å². The van der Waals surface area contributed by atoms with Crippen molar-refractivity contribution < 1.29 is 14.3 Å². The largest absolute Gasteiger partial charge is 0.465 e. The standard InChI is InChI=1S/C5H6O3/c6-2-4-1-5(7)8-3-4/h2,4H,1,3H2/t4-/m1/s1. The lowest BCUT2D eigenvalue weighted by Crippen LogP contribution is -1.98. The molecule has 0 aromatic heterocycles. The average molecular weight is 114 g/mol. The lowest BCUT2D eigenvalue weighted by molar-refractivity contribution is -0.137. The molecule has 1 saturated heterocycles. The Morgan fingerprint density at radius 3 is 2.75 bits per heavy atom. The van der Waals surface area contributed by atoms with Gasteiger partial charge in [-0.2, -0.15) is 0 Å². The molecule has 0 aromatic rings. The fourth-order valence-electron chi connectivity index (χ4n) is 0.619. The molecular formula is C5H6O3. The third-order valence-electron chi connectivity index (χ3n) is 1.08. The maximum Gasteiger partial charge on any atom is 0.306 e. The van der Waals surface area contributed by atoms with Gasteiger partial charge in [-0.3, -0.25) is 4.79 Å². The Hall–Kier alpha value is -0.860. The Labute approximate surface area is 46.6 Å². The van der Waals surface area contributed by atoms with Crippen LogP contribution in [-0.2, 0) is 14.3 Å². The molecule has 44 valence electrons. The minimum atomic E-state index is -0.262. The van der Waals surface area contributed by atoms with E-state index in [0.717, 1.165) is 6.29 Å². The second-order valence-corrected chi connectivity index (χ2v) is 1.78. The van der Waals surface area contributed by atoms with Crippen molar-refractivity contribution >= 4 is 12.3 Å². The van der Waals surface area contributed by atoms with Gasteiger partial charge < -0.3 is 9.53 Å². The molecule has 0 aliphatic carbocycles. The van der Waals surface area contributed by atoms with Gasteiger partial charge in [0.05, 0.1) is 12.3 Å². The first-order valence-corrected chi connectivity index (χ1v) is 2.44. The minimum Gasteiger partial charge on any atom is -0.465 e. The third kappa shape index (κ3) is 0.857. The smallest absolute Gasteiger partial charge is 0.306 e. The van der Waals surface area contributed by atoms with E-state index in [0.29, 0.717) is 0 Å². The van der Waals surface area contributed by atoms with Gasteiger partial charge in [0.2, 0.25) is 0 Å². The zero-order chi connectivity index (χ0) is 5.98. The van der Waals surface area contributed by atoms with Crippen LogP contribution in [0.25, 0.3) is 0 Å². The summed E-state index contributed by atoms with van der Waals surface area (Å²) in [6, 6.07) is 0. The van der Waals surface area contributed by atoms with Crippen LogP contribution in [0.15, 0.2) is 0 Å². The van der Waals surface area contributed by atoms with E-state index in [9.17, 15) is 9.59 Å². The molecule has 1 heterocycles. The van der Waals surface area contributed by atoms with Crippen molar-refractivity contribution in [2.75, 3.05) is 6.61 Å². The van der Waals surface area contributed by atoms with Gasteiger partial charge in [-0.15, -0.1) is 0 Å². The summed E-state index contributed by atoms with van der Waals surface area (Å²) in [5.41, 5.74) is 0. The molecule has 0 radical (unpaired) electrons. The molecule has 0 unspecified atom stereocenters. The summed E-state index contributed by atoms with van der Waals surface area (Å²) < 4.78 is 4.49. The summed E-state index contributed by atoms with van der Waals surface area (Å²) in [7, 11) is 0. The highest BCUT2D eigenvalue weighted by Gasteiger charge is 2.22. The quantitative estimate of drug-likeness (QED) is 0.348. The van der Waals surface area contributed by atoms with Gasteiger partial charge in [0.15, 0.2) is 0 Å². The molecule has 8 heavy (non-hydrogen) atoms. The summed E-state index contributed by atoms with van der Waals surface area (Å²) in [5, 5.41) is 0. The zero-order valence-corrected chi connectivity index (χ0v) is 4.29. The van der Waals surface area contributed by atoms with Crippen molar-refractivity contribution in [1.82, 2.24) is 0 Å². The molecule has 0 amide bonds. The Balaban J connectivity index is 2.43. The Morgan fingerprint density at radius 2 is 2.50 bits per heavy atom. The van der Waals surface area contributed by atoms with Crippen molar-refractivity contribution in [3.8, 4) is 0 Å². The molecule has 1 fully saturated rings. The summed E-state index contributed by atoms with van der Waals surface area (Å²) in [5.74, 6) is -0.440. The molecule has 1 rings (SSSR count). The number of carbonyl (C=O) groups excluding carboxylic acids is 2. The normalized spacial score (nSPS) is 27.5. The van der Waals surface area contributed by atoms with Crippen molar-refractivity contribution in [1.29, 1.82) is 0 Å². The number of carbonyl (C=O) groups is 2. The first-order chi connectivity index (χ1) is 3.83. The zero-order valence-electron chi connectivity index (χ0n) is 4.29. The SMILES string of the molecule is O=C[C@@H]1COC(=O)C1. The van der Waals surface area contributed by atoms with Gasteiger partial charge in [0, 0.05) is 0 Å². The molecule has 0 bridgehead atoms. The van der Waals surface area contributed by atoms with Crippen LogP contribution in [-0.4, -0.2) is 18.9 Å². The predicted molar refractivity (Wildman–Crippen MR) is 25.1 cm³/mol. The molecule has 3 heteroatoms. The third-order valence-corrected chi connectivity index (χ3v) is 1.08. The summed E-state index contributed by atoms with van der Waals surface area (Å²) in [6.07, 6.45) is 1.02. The molecule has 1 aliphatic rings. The van der Waals surface area contributed by atoms with Crippen molar-refractivity contribution in [2.24, 2.45) is 5.92 Å². The van der Waals surface area contributed by atoms with Gasteiger partial charge in [-0.05, 0) is 0 Å². The number of ether oxygens (including phenoxy) is 1. The highest BCUT2D eigenvalue weighted by molar-refractivity contribution is 5.76. The van der Waals surface area contributed by atoms with E-state index in [1.807, 2.05) is 0 Å². The van der Waals surface area contributed by atoms with Gasteiger partial charge in [-0.25, -0.2) is 0 Å². The van der Waals surface area contributed by atoms with Crippen LogP contribution in [0.3, 0.4) is 0 Å². The number of hydrogen-bond acceptors (Lipinski definition) is 3. The highest BCUT2D eigenvalue weighted by Crippen LogP contribution is 2.09. The fourth-order valence-corrected chi connectivity index (χ4v) is 0.619. The lowest BCUT2D eigenvalue weighted by atomic mass is 10.1. The number of rotatable bonds is 1. The van der Waals surface area contributed by atoms with E-state index in [1.165, 1.54) is 0 Å². The van der Waals surface area contributed by atoms with E-state index in [2.05, 4.69) is 4.74 Å². The van der Waals surface area contributed by atoms with E-state index >= 15 is 0 Å². The summed E-state index contributed by atoms with van der Waals surface area (Å²) in [6.45, 7) is 0.280. The fraction of sp³-hybridized carbons (Fsp3) is 0.600. The molecule has 0 saturated carbocycles. The van der Waals surface area contributed by atoms with E-state index in [4.69, 9.17) is 0 Å². The van der Waals surface area contributed by atoms with E-state index in [-0.39, 0.29) is 24.9 Å². The first kappa shape index (κ1) is 5.28. The number of aldehydes is 1.